The number of fused-ring (bicyclic) bond motifs is 1. The highest BCUT2D eigenvalue weighted by Crippen LogP contribution is 2.21. The maximum Gasteiger partial charge on any atom is 0.233 e. The Labute approximate surface area is 124 Å². The number of methoxy groups -OCH3 is 1. The fourth-order valence-electron chi connectivity index (χ4n) is 2.52. The maximum absolute atomic E-state index is 5.04. The van der Waals surface area contributed by atoms with Crippen LogP contribution in [0.3, 0.4) is 0 Å². The van der Waals surface area contributed by atoms with Gasteiger partial charge in [0.05, 0.1) is 12.8 Å². The van der Waals surface area contributed by atoms with Gasteiger partial charge in [0, 0.05) is 36.8 Å². The lowest BCUT2D eigenvalue weighted by atomic mass is 10.0. The first-order valence-corrected chi connectivity index (χ1v) is 7.29. The Balaban J connectivity index is 2.03. The molecule has 0 aliphatic carbocycles. The first-order chi connectivity index (χ1) is 10.3. The number of nitrogens with zero attached hydrogens (tertiary/aromatic N) is 4. The second kappa shape index (κ2) is 6.13. The van der Waals surface area contributed by atoms with E-state index in [1.54, 1.807) is 13.2 Å². The molecule has 110 valence electrons. The topological polar surface area (TPSA) is 72.8 Å². The second-order valence-corrected chi connectivity index (χ2v) is 5.06. The van der Waals surface area contributed by atoms with E-state index >= 15 is 0 Å². The molecule has 6 heteroatoms. The van der Waals surface area contributed by atoms with Gasteiger partial charge in [-0.1, -0.05) is 13.3 Å². The third-order valence-electron chi connectivity index (χ3n) is 3.58. The first-order valence-electron chi connectivity index (χ1n) is 7.29. The van der Waals surface area contributed by atoms with Crippen LogP contribution in [-0.2, 0) is 19.4 Å². The molecule has 0 unspecified atom stereocenters. The van der Waals surface area contributed by atoms with Gasteiger partial charge in [-0.2, -0.15) is 0 Å². The predicted octanol–water partition coefficient (Wildman–Crippen LogP) is 1.54. The summed E-state index contributed by atoms with van der Waals surface area (Å²) in [6, 6.07) is 3.64. The Kier molecular flexibility index (Phi) is 4.06. The van der Waals surface area contributed by atoms with E-state index in [1.165, 1.54) is 5.56 Å². The summed E-state index contributed by atoms with van der Waals surface area (Å²) in [6.07, 6.45) is 2.96. The van der Waals surface area contributed by atoms with Crippen molar-refractivity contribution in [1.29, 1.82) is 0 Å². The summed E-state index contributed by atoms with van der Waals surface area (Å²) in [7, 11) is 1.57. The zero-order chi connectivity index (χ0) is 14.7. The van der Waals surface area contributed by atoms with Crippen molar-refractivity contribution in [1.82, 2.24) is 25.5 Å². The van der Waals surface area contributed by atoms with E-state index in [0.717, 1.165) is 43.7 Å². The van der Waals surface area contributed by atoms with E-state index in [4.69, 9.17) is 9.72 Å². The molecule has 0 radical (unpaired) electrons. The number of aryl methyl sites for hydroxylation is 1. The minimum Gasteiger partial charge on any atom is -0.480 e. The van der Waals surface area contributed by atoms with Gasteiger partial charge in [-0.25, -0.2) is 9.97 Å². The number of ether oxygens (including phenoxy) is 1. The maximum atomic E-state index is 5.04. The summed E-state index contributed by atoms with van der Waals surface area (Å²) < 4.78 is 5.04. The third-order valence-corrected chi connectivity index (χ3v) is 3.58. The van der Waals surface area contributed by atoms with Crippen molar-refractivity contribution in [3.63, 3.8) is 0 Å². The molecule has 0 atom stereocenters. The average Bonchev–Trinajstić information content (AvgIpc) is 2.55. The van der Waals surface area contributed by atoms with Crippen molar-refractivity contribution in [2.75, 3.05) is 13.7 Å². The van der Waals surface area contributed by atoms with Crippen LogP contribution in [0.5, 0.6) is 5.88 Å². The molecular weight excluding hydrogens is 266 g/mol. The van der Waals surface area contributed by atoms with Crippen molar-refractivity contribution in [2.24, 2.45) is 0 Å². The Bertz CT molecular complexity index is 627. The zero-order valence-corrected chi connectivity index (χ0v) is 12.4. The Morgan fingerprint density at radius 3 is 2.86 bits per heavy atom. The van der Waals surface area contributed by atoms with Crippen LogP contribution in [0.1, 0.15) is 30.3 Å². The van der Waals surface area contributed by atoms with Gasteiger partial charge in [-0.05, 0) is 12.5 Å². The summed E-state index contributed by atoms with van der Waals surface area (Å²) in [4.78, 5) is 9.39. The van der Waals surface area contributed by atoms with E-state index in [9.17, 15) is 0 Å². The lowest BCUT2D eigenvalue weighted by molar-refractivity contribution is 0.392. The number of hydrogen-bond donors (Lipinski definition) is 1. The minimum atomic E-state index is 0.495. The third kappa shape index (κ3) is 2.85. The van der Waals surface area contributed by atoms with E-state index in [-0.39, 0.29) is 0 Å². The fourth-order valence-corrected chi connectivity index (χ4v) is 2.52. The van der Waals surface area contributed by atoms with E-state index < -0.39 is 0 Å². The van der Waals surface area contributed by atoms with Crippen LogP contribution in [0.4, 0.5) is 0 Å². The van der Waals surface area contributed by atoms with Crippen molar-refractivity contribution in [3.05, 3.63) is 29.1 Å². The molecule has 1 aliphatic rings. The summed E-state index contributed by atoms with van der Waals surface area (Å²) in [5.41, 5.74) is 4.21. The van der Waals surface area contributed by atoms with Gasteiger partial charge >= 0.3 is 0 Å². The predicted molar refractivity (Wildman–Crippen MR) is 79.0 cm³/mol. The molecule has 3 rings (SSSR count). The quantitative estimate of drug-likeness (QED) is 0.918. The Morgan fingerprint density at radius 2 is 2.14 bits per heavy atom. The van der Waals surface area contributed by atoms with Crippen LogP contribution >= 0.6 is 0 Å². The molecular formula is C15H19N5O. The van der Waals surface area contributed by atoms with Crippen molar-refractivity contribution in [2.45, 2.75) is 32.7 Å². The van der Waals surface area contributed by atoms with Crippen molar-refractivity contribution in [3.8, 4) is 17.4 Å². The van der Waals surface area contributed by atoms with E-state index in [0.29, 0.717) is 17.4 Å². The lowest BCUT2D eigenvalue weighted by Gasteiger charge is -2.19. The smallest absolute Gasteiger partial charge is 0.233 e. The van der Waals surface area contributed by atoms with Gasteiger partial charge in [0.1, 0.15) is 5.69 Å². The molecule has 2 aromatic heterocycles. The highest BCUT2D eigenvalue weighted by molar-refractivity contribution is 5.50. The molecule has 3 heterocycles. The fraction of sp³-hybridized carbons (Fsp3) is 0.467. The van der Waals surface area contributed by atoms with Crippen LogP contribution in [0.2, 0.25) is 0 Å². The molecule has 6 nitrogen and oxygen atoms in total. The minimum absolute atomic E-state index is 0.495. The SMILES string of the molecule is CCCc1nc(-c2ccc(OC)nn2)nc2c1CNCC2. The van der Waals surface area contributed by atoms with Crippen LogP contribution in [0, 0.1) is 0 Å². The van der Waals surface area contributed by atoms with E-state index in [2.05, 4.69) is 27.4 Å². The highest BCUT2D eigenvalue weighted by Gasteiger charge is 2.18. The number of hydrogen-bond acceptors (Lipinski definition) is 6. The molecule has 1 N–H and O–H groups in total. The van der Waals surface area contributed by atoms with Crippen molar-refractivity contribution >= 4 is 0 Å². The first kappa shape index (κ1) is 13.9. The monoisotopic (exact) mass is 285 g/mol. The standard InChI is InChI=1S/C15H19N5O/c1-3-4-11-10-9-16-8-7-12(10)18-15(17-11)13-5-6-14(21-2)20-19-13/h5-6,16H,3-4,7-9H2,1-2H3. The molecule has 21 heavy (non-hydrogen) atoms. The molecule has 2 aromatic rings. The second-order valence-electron chi connectivity index (χ2n) is 5.06. The molecule has 0 saturated carbocycles. The van der Waals surface area contributed by atoms with Gasteiger partial charge in [0.25, 0.3) is 0 Å². The average molecular weight is 285 g/mol. The van der Waals surface area contributed by atoms with Gasteiger partial charge in [0.15, 0.2) is 5.82 Å². The lowest BCUT2D eigenvalue weighted by Crippen LogP contribution is -2.27. The Morgan fingerprint density at radius 1 is 1.24 bits per heavy atom. The Hall–Kier alpha value is -2.08. The highest BCUT2D eigenvalue weighted by atomic mass is 16.5. The summed E-state index contributed by atoms with van der Waals surface area (Å²) in [5, 5.41) is 11.5. The van der Waals surface area contributed by atoms with Gasteiger partial charge < -0.3 is 10.1 Å². The largest absolute Gasteiger partial charge is 0.480 e. The molecule has 0 amide bonds. The van der Waals surface area contributed by atoms with Crippen LogP contribution in [0.15, 0.2) is 12.1 Å². The molecule has 0 fully saturated rings. The summed E-state index contributed by atoms with van der Waals surface area (Å²) in [6.45, 7) is 3.99. The van der Waals surface area contributed by atoms with Crippen LogP contribution in [0.25, 0.3) is 11.5 Å². The molecule has 0 bridgehead atoms. The number of nitrogens with one attached hydrogen (secondary N) is 1. The van der Waals surface area contributed by atoms with Crippen molar-refractivity contribution < 1.29 is 4.74 Å². The molecule has 0 aromatic carbocycles. The molecule has 0 saturated heterocycles. The number of aromatic nitrogens is 4. The summed E-state index contributed by atoms with van der Waals surface area (Å²) >= 11 is 0. The molecule has 0 spiro atoms. The molecule has 1 aliphatic heterocycles. The van der Waals surface area contributed by atoms with Gasteiger partial charge in [-0.15, -0.1) is 10.2 Å². The normalized spacial score (nSPS) is 13.8. The summed E-state index contributed by atoms with van der Waals surface area (Å²) in [5.74, 6) is 1.16. The van der Waals surface area contributed by atoms with E-state index in [1.807, 2.05) is 6.07 Å². The van der Waals surface area contributed by atoms with Crippen LogP contribution < -0.4 is 10.1 Å². The van der Waals surface area contributed by atoms with Gasteiger partial charge in [-0.3, -0.25) is 0 Å². The number of rotatable bonds is 4. The van der Waals surface area contributed by atoms with Crippen LogP contribution in [-0.4, -0.2) is 33.8 Å². The zero-order valence-electron chi connectivity index (χ0n) is 12.4. The van der Waals surface area contributed by atoms with Gasteiger partial charge in [0.2, 0.25) is 5.88 Å².